The summed E-state index contributed by atoms with van der Waals surface area (Å²) in [5, 5.41) is 9.89. The second-order valence-electron chi connectivity index (χ2n) is 5.19. The van der Waals surface area contributed by atoms with Crippen LogP contribution in [0.15, 0.2) is 36.4 Å². The minimum Gasteiger partial charge on any atom is -0.455 e. The van der Waals surface area contributed by atoms with Crippen LogP contribution in [-0.4, -0.2) is 28.0 Å². The molecular weight excluding hydrogens is 282 g/mol. The second-order valence-corrected chi connectivity index (χ2v) is 5.19. The van der Waals surface area contributed by atoms with Gasteiger partial charge in [0.15, 0.2) is 12.7 Å². The van der Waals surface area contributed by atoms with E-state index in [-0.39, 0.29) is 12.4 Å². The predicted octanol–water partition coefficient (Wildman–Crippen LogP) is 2.10. The van der Waals surface area contributed by atoms with Gasteiger partial charge in [-0.05, 0) is 25.5 Å². The van der Waals surface area contributed by atoms with Crippen molar-refractivity contribution in [3.05, 3.63) is 58.9 Å². The lowest BCUT2D eigenvalue weighted by molar-refractivity contribution is -0.152. The van der Waals surface area contributed by atoms with E-state index in [1.165, 1.54) is 0 Å². The molecule has 116 valence electrons. The Morgan fingerprint density at radius 3 is 2.41 bits per heavy atom. The van der Waals surface area contributed by atoms with Gasteiger partial charge in [-0.25, -0.2) is 4.79 Å². The Balaban J connectivity index is 1.99. The standard InChI is InChI=1S/C17H19NO4/c1-11-9-14(12(2)18(11)3)15(19)10-22-17(21)16(20)13-7-5-4-6-8-13/h4-9,16,20H,10H2,1-3H3/t16-/m1/s1. The molecule has 1 aromatic carbocycles. The van der Waals surface area contributed by atoms with Crippen LogP contribution in [0.2, 0.25) is 0 Å². The Labute approximate surface area is 129 Å². The predicted molar refractivity (Wildman–Crippen MR) is 81.6 cm³/mol. The topological polar surface area (TPSA) is 68.5 Å². The number of Topliss-reactive ketones (excluding diaryl/α,β-unsaturated/α-hetero) is 1. The van der Waals surface area contributed by atoms with Crippen molar-refractivity contribution in [2.75, 3.05) is 6.61 Å². The minimum atomic E-state index is -1.38. The van der Waals surface area contributed by atoms with Crippen LogP contribution in [0.1, 0.15) is 33.4 Å². The van der Waals surface area contributed by atoms with E-state index in [9.17, 15) is 14.7 Å². The van der Waals surface area contributed by atoms with Crippen molar-refractivity contribution in [2.24, 2.45) is 7.05 Å². The smallest absolute Gasteiger partial charge is 0.340 e. The number of hydrogen-bond donors (Lipinski definition) is 1. The lowest BCUT2D eigenvalue weighted by Gasteiger charge is -2.10. The van der Waals surface area contributed by atoms with Gasteiger partial charge in [0.05, 0.1) is 0 Å². The highest BCUT2D eigenvalue weighted by atomic mass is 16.5. The zero-order chi connectivity index (χ0) is 16.3. The van der Waals surface area contributed by atoms with Crippen molar-refractivity contribution in [3.8, 4) is 0 Å². The molecule has 0 aliphatic carbocycles. The summed E-state index contributed by atoms with van der Waals surface area (Å²) < 4.78 is 6.83. The van der Waals surface area contributed by atoms with Crippen LogP contribution in [-0.2, 0) is 16.6 Å². The summed E-state index contributed by atoms with van der Waals surface area (Å²) in [6.07, 6.45) is -1.38. The molecule has 22 heavy (non-hydrogen) atoms. The Bertz CT molecular complexity index is 688. The molecule has 0 saturated carbocycles. The van der Waals surface area contributed by atoms with E-state index in [0.29, 0.717) is 11.1 Å². The maximum Gasteiger partial charge on any atom is 0.340 e. The Kier molecular flexibility index (Phi) is 4.78. The number of hydrogen-bond acceptors (Lipinski definition) is 4. The molecule has 5 heteroatoms. The SMILES string of the molecule is Cc1cc(C(=O)COC(=O)[C@H](O)c2ccccc2)c(C)n1C. The quantitative estimate of drug-likeness (QED) is 0.678. The number of carbonyl (C=O) groups excluding carboxylic acids is 2. The van der Waals surface area contributed by atoms with Crippen LogP contribution in [0.5, 0.6) is 0 Å². The van der Waals surface area contributed by atoms with Gasteiger partial charge in [-0.2, -0.15) is 0 Å². The molecule has 0 aliphatic heterocycles. The Hall–Kier alpha value is -2.40. The van der Waals surface area contributed by atoms with Gasteiger partial charge in [0.1, 0.15) is 0 Å². The van der Waals surface area contributed by atoms with Crippen molar-refractivity contribution in [2.45, 2.75) is 20.0 Å². The van der Waals surface area contributed by atoms with Gasteiger partial charge in [0.2, 0.25) is 5.78 Å². The number of benzene rings is 1. The van der Waals surface area contributed by atoms with Gasteiger partial charge in [-0.1, -0.05) is 30.3 Å². The van der Waals surface area contributed by atoms with Gasteiger partial charge < -0.3 is 14.4 Å². The van der Waals surface area contributed by atoms with Crippen molar-refractivity contribution in [1.82, 2.24) is 4.57 Å². The number of carbonyl (C=O) groups is 2. The molecule has 0 fully saturated rings. The summed E-state index contributed by atoms with van der Waals surface area (Å²) in [7, 11) is 1.87. The number of aryl methyl sites for hydroxylation is 1. The fraction of sp³-hybridized carbons (Fsp3) is 0.294. The van der Waals surface area contributed by atoms with Crippen LogP contribution in [0.25, 0.3) is 0 Å². The molecule has 0 amide bonds. The summed E-state index contributed by atoms with van der Waals surface area (Å²) >= 11 is 0. The van der Waals surface area contributed by atoms with Crippen molar-refractivity contribution < 1.29 is 19.4 Å². The summed E-state index contributed by atoms with van der Waals surface area (Å²) in [4.78, 5) is 23.9. The first-order valence-corrected chi connectivity index (χ1v) is 6.97. The third kappa shape index (κ3) is 3.26. The van der Waals surface area contributed by atoms with Gasteiger partial charge in [-0.3, -0.25) is 4.79 Å². The van der Waals surface area contributed by atoms with E-state index in [1.807, 2.05) is 25.5 Å². The number of ether oxygens (including phenoxy) is 1. The summed E-state index contributed by atoms with van der Waals surface area (Å²) in [6.45, 7) is 3.35. The third-order valence-electron chi connectivity index (χ3n) is 3.76. The van der Waals surface area contributed by atoms with Gasteiger partial charge in [0.25, 0.3) is 0 Å². The lowest BCUT2D eigenvalue weighted by atomic mass is 10.1. The Morgan fingerprint density at radius 1 is 1.23 bits per heavy atom. The van der Waals surface area contributed by atoms with E-state index in [4.69, 9.17) is 4.74 Å². The van der Waals surface area contributed by atoms with Crippen LogP contribution < -0.4 is 0 Å². The fourth-order valence-electron chi connectivity index (χ4n) is 2.20. The average Bonchev–Trinajstić information content (AvgIpc) is 2.80. The highest BCUT2D eigenvalue weighted by molar-refractivity contribution is 5.99. The number of nitrogens with zero attached hydrogens (tertiary/aromatic N) is 1. The molecule has 0 spiro atoms. The molecule has 0 unspecified atom stereocenters. The molecule has 1 N–H and O–H groups in total. The van der Waals surface area contributed by atoms with Gasteiger partial charge in [0, 0.05) is 24.0 Å². The normalized spacial score (nSPS) is 12.0. The molecule has 0 radical (unpaired) electrons. The largest absolute Gasteiger partial charge is 0.455 e. The highest BCUT2D eigenvalue weighted by Crippen LogP contribution is 2.16. The van der Waals surface area contributed by atoms with Gasteiger partial charge >= 0.3 is 5.97 Å². The molecule has 5 nitrogen and oxygen atoms in total. The maximum atomic E-state index is 12.1. The molecule has 1 atom stereocenters. The number of ketones is 1. The molecule has 2 rings (SSSR count). The van der Waals surface area contributed by atoms with Crippen molar-refractivity contribution in [1.29, 1.82) is 0 Å². The van der Waals surface area contributed by atoms with E-state index < -0.39 is 12.1 Å². The third-order valence-corrected chi connectivity index (χ3v) is 3.76. The van der Waals surface area contributed by atoms with Crippen LogP contribution in [0, 0.1) is 13.8 Å². The first kappa shape index (κ1) is 16.0. The van der Waals surface area contributed by atoms with E-state index in [2.05, 4.69) is 0 Å². The van der Waals surface area contributed by atoms with Crippen LogP contribution in [0.4, 0.5) is 0 Å². The highest BCUT2D eigenvalue weighted by Gasteiger charge is 2.21. The van der Waals surface area contributed by atoms with E-state index >= 15 is 0 Å². The molecular formula is C17H19NO4. The van der Waals surface area contributed by atoms with Crippen molar-refractivity contribution in [3.63, 3.8) is 0 Å². The van der Waals surface area contributed by atoms with Crippen molar-refractivity contribution >= 4 is 11.8 Å². The zero-order valence-corrected chi connectivity index (χ0v) is 12.9. The van der Waals surface area contributed by atoms with Crippen LogP contribution in [0.3, 0.4) is 0 Å². The van der Waals surface area contributed by atoms with E-state index in [1.54, 1.807) is 36.4 Å². The molecule has 0 bridgehead atoms. The lowest BCUT2D eigenvalue weighted by Crippen LogP contribution is -2.20. The second kappa shape index (κ2) is 6.58. The van der Waals surface area contributed by atoms with Crippen LogP contribution >= 0.6 is 0 Å². The number of aromatic nitrogens is 1. The molecule has 1 heterocycles. The number of aliphatic hydroxyl groups excluding tert-OH is 1. The number of esters is 1. The maximum absolute atomic E-state index is 12.1. The fourth-order valence-corrected chi connectivity index (χ4v) is 2.20. The summed E-state index contributed by atoms with van der Waals surface area (Å²) in [6, 6.07) is 10.2. The summed E-state index contributed by atoms with van der Waals surface area (Å²) in [5.74, 6) is -1.11. The summed E-state index contributed by atoms with van der Waals surface area (Å²) in [5.41, 5.74) is 2.74. The molecule has 2 aromatic rings. The molecule has 0 aliphatic rings. The molecule has 1 aromatic heterocycles. The minimum absolute atomic E-state index is 0.283. The van der Waals surface area contributed by atoms with E-state index in [0.717, 1.165) is 11.4 Å². The number of aliphatic hydroxyl groups is 1. The molecule has 0 saturated heterocycles. The zero-order valence-electron chi connectivity index (χ0n) is 12.9. The Morgan fingerprint density at radius 2 is 1.86 bits per heavy atom. The number of rotatable bonds is 5. The average molecular weight is 301 g/mol. The monoisotopic (exact) mass is 301 g/mol. The van der Waals surface area contributed by atoms with Gasteiger partial charge in [-0.15, -0.1) is 0 Å². The first-order valence-electron chi connectivity index (χ1n) is 6.97. The first-order chi connectivity index (χ1) is 10.4.